The maximum absolute atomic E-state index is 12.5. The first-order chi connectivity index (χ1) is 11.5. The van der Waals surface area contributed by atoms with Gasteiger partial charge in [-0.2, -0.15) is 0 Å². The van der Waals surface area contributed by atoms with E-state index in [1.807, 2.05) is 44.2 Å². The fourth-order valence-electron chi connectivity index (χ4n) is 2.51. The maximum Gasteiger partial charge on any atom is 0.255 e. The van der Waals surface area contributed by atoms with Crippen LogP contribution < -0.4 is 10.1 Å². The Morgan fingerprint density at radius 1 is 1.12 bits per heavy atom. The maximum atomic E-state index is 12.5. The van der Waals surface area contributed by atoms with Gasteiger partial charge >= 0.3 is 0 Å². The molecule has 0 atom stereocenters. The number of hydrogen-bond acceptors (Lipinski definition) is 3. The predicted molar refractivity (Wildman–Crippen MR) is 96.8 cm³/mol. The number of anilines is 1. The van der Waals surface area contributed by atoms with Crippen molar-refractivity contribution in [3.8, 4) is 5.75 Å². The van der Waals surface area contributed by atoms with Crippen LogP contribution in [-0.2, 0) is 11.3 Å². The molecular formula is C20H25NO3. The molecule has 2 aromatic carbocycles. The van der Waals surface area contributed by atoms with E-state index in [0.717, 1.165) is 29.0 Å². The zero-order chi connectivity index (χ0) is 17.5. The van der Waals surface area contributed by atoms with Crippen molar-refractivity contribution in [2.75, 3.05) is 19.0 Å². The van der Waals surface area contributed by atoms with Gasteiger partial charge in [0.05, 0.1) is 13.7 Å². The minimum absolute atomic E-state index is 0.138. The highest BCUT2D eigenvalue weighted by Crippen LogP contribution is 2.22. The Bertz CT molecular complexity index is 710. The van der Waals surface area contributed by atoms with Gasteiger partial charge in [-0.3, -0.25) is 4.79 Å². The molecule has 0 aliphatic rings. The summed E-state index contributed by atoms with van der Waals surface area (Å²) in [5, 5.41) is 2.97. The summed E-state index contributed by atoms with van der Waals surface area (Å²) in [5.74, 6) is 0.593. The van der Waals surface area contributed by atoms with Crippen molar-refractivity contribution >= 4 is 11.6 Å². The number of hydrogen-bond donors (Lipinski definition) is 1. The molecule has 0 bridgehead atoms. The number of carbonyl (C=O) groups is 1. The van der Waals surface area contributed by atoms with Crippen LogP contribution >= 0.6 is 0 Å². The molecule has 128 valence electrons. The SMILES string of the molecule is CCCOCc1cc(C(=O)Nc2ccc(C)cc2C)ccc1OC. The van der Waals surface area contributed by atoms with Crippen LogP contribution in [-0.4, -0.2) is 19.6 Å². The van der Waals surface area contributed by atoms with E-state index in [2.05, 4.69) is 12.2 Å². The molecule has 0 spiro atoms. The van der Waals surface area contributed by atoms with Gasteiger partial charge in [0, 0.05) is 23.4 Å². The zero-order valence-corrected chi connectivity index (χ0v) is 14.8. The normalized spacial score (nSPS) is 10.5. The van der Waals surface area contributed by atoms with Crippen LogP contribution in [0.1, 0.15) is 40.4 Å². The minimum atomic E-state index is -0.138. The third-order valence-electron chi connectivity index (χ3n) is 3.78. The van der Waals surface area contributed by atoms with Crippen LogP contribution in [0.2, 0.25) is 0 Å². The molecule has 2 aromatic rings. The van der Waals surface area contributed by atoms with Crippen molar-refractivity contribution in [1.29, 1.82) is 0 Å². The molecule has 0 fully saturated rings. The molecule has 0 radical (unpaired) electrons. The fourth-order valence-corrected chi connectivity index (χ4v) is 2.51. The van der Waals surface area contributed by atoms with Crippen LogP contribution in [0.3, 0.4) is 0 Å². The van der Waals surface area contributed by atoms with Crippen molar-refractivity contribution in [3.05, 3.63) is 58.7 Å². The van der Waals surface area contributed by atoms with Gasteiger partial charge < -0.3 is 14.8 Å². The summed E-state index contributed by atoms with van der Waals surface area (Å²) in [5.41, 5.74) is 4.50. The zero-order valence-electron chi connectivity index (χ0n) is 14.8. The van der Waals surface area contributed by atoms with Gasteiger partial charge in [-0.05, 0) is 50.1 Å². The quantitative estimate of drug-likeness (QED) is 0.762. The number of carbonyl (C=O) groups excluding carboxylic acids is 1. The van der Waals surface area contributed by atoms with Gasteiger partial charge in [0.2, 0.25) is 0 Å². The molecule has 0 aromatic heterocycles. The third kappa shape index (κ3) is 4.59. The summed E-state index contributed by atoms with van der Waals surface area (Å²) < 4.78 is 10.9. The summed E-state index contributed by atoms with van der Waals surface area (Å²) in [4.78, 5) is 12.5. The van der Waals surface area contributed by atoms with E-state index < -0.39 is 0 Å². The summed E-state index contributed by atoms with van der Waals surface area (Å²) >= 11 is 0. The molecule has 0 unspecified atom stereocenters. The lowest BCUT2D eigenvalue weighted by atomic mass is 10.1. The molecule has 0 saturated heterocycles. The Hall–Kier alpha value is -2.33. The lowest BCUT2D eigenvalue weighted by molar-refractivity contribution is 0.102. The van der Waals surface area contributed by atoms with Crippen molar-refractivity contribution in [2.24, 2.45) is 0 Å². The van der Waals surface area contributed by atoms with Crippen molar-refractivity contribution in [3.63, 3.8) is 0 Å². The highest BCUT2D eigenvalue weighted by molar-refractivity contribution is 6.04. The standard InChI is InChI=1S/C20H25NO3/c1-5-10-24-13-17-12-16(7-9-19(17)23-4)20(22)21-18-8-6-14(2)11-15(18)3/h6-9,11-12H,5,10,13H2,1-4H3,(H,21,22). The summed E-state index contributed by atoms with van der Waals surface area (Å²) in [6.45, 7) is 7.19. The molecule has 4 nitrogen and oxygen atoms in total. The number of amides is 1. The van der Waals surface area contributed by atoms with Gasteiger partial charge in [-0.25, -0.2) is 0 Å². The second-order valence-electron chi connectivity index (χ2n) is 5.85. The second-order valence-corrected chi connectivity index (χ2v) is 5.85. The topological polar surface area (TPSA) is 47.6 Å². The van der Waals surface area contributed by atoms with E-state index >= 15 is 0 Å². The van der Waals surface area contributed by atoms with Gasteiger partial charge in [0.15, 0.2) is 0 Å². The molecule has 1 N–H and O–H groups in total. The smallest absolute Gasteiger partial charge is 0.255 e. The van der Waals surface area contributed by atoms with Crippen molar-refractivity contribution in [2.45, 2.75) is 33.8 Å². The average molecular weight is 327 g/mol. The van der Waals surface area contributed by atoms with Gasteiger partial charge in [-0.1, -0.05) is 24.6 Å². The number of rotatable bonds is 7. The summed E-state index contributed by atoms with van der Waals surface area (Å²) in [6, 6.07) is 11.4. The highest BCUT2D eigenvalue weighted by Gasteiger charge is 2.12. The van der Waals surface area contributed by atoms with Crippen LogP contribution in [0.25, 0.3) is 0 Å². The fraction of sp³-hybridized carbons (Fsp3) is 0.350. The van der Waals surface area contributed by atoms with Crippen LogP contribution in [0.4, 0.5) is 5.69 Å². The Labute approximate surface area is 143 Å². The first-order valence-corrected chi connectivity index (χ1v) is 8.18. The first kappa shape index (κ1) is 18.0. The lowest BCUT2D eigenvalue weighted by Gasteiger charge is -2.12. The second kappa shape index (κ2) is 8.50. The average Bonchev–Trinajstić information content (AvgIpc) is 2.57. The van der Waals surface area contributed by atoms with Crippen molar-refractivity contribution < 1.29 is 14.3 Å². The van der Waals surface area contributed by atoms with E-state index in [1.165, 1.54) is 5.56 Å². The molecule has 2 rings (SSSR count). The molecule has 0 saturated carbocycles. The number of benzene rings is 2. The van der Waals surface area contributed by atoms with Crippen LogP contribution in [0, 0.1) is 13.8 Å². The number of methoxy groups -OCH3 is 1. The number of aryl methyl sites for hydroxylation is 2. The first-order valence-electron chi connectivity index (χ1n) is 8.18. The van der Waals surface area contributed by atoms with E-state index in [-0.39, 0.29) is 5.91 Å². The Balaban J connectivity index is 2.17. The molecule has 0 aliphatic carbocycles. The van der Waals surface area contributed by atoms with E-state index in [4.69, 9.17) is 9.47 Å². The lowest BCUT2D eigenvalue weighted by Crippen LogP contribution is -2.13. The number of nitrogens with one attached hydrogen (secondary N) is 1. The van der Waals surface area contributed by atoms with E-state index in [1.54, 1.807) is 13.2 Å². The largest absolute Gasteiger partial charge is 0.496 e. The van der Waals surface area contributed by atoms with Crippen LogP contribution in [0.15, 0.2) is 36.4 Å². The molecule has 1 amide bonds. The predicted octanol–water partition coefficient (Wildman–Crippen LogP) is 4.49. The third-order valence-corrected chi connectivity index (χ3v) is 3.78. The summed E-state index contributed by atoms with van der Waals surface area (Å²) in [6.07, 6.45) is 0.954. The Kier molecular flexibility index (Phi) is 6.38. The van der Waals surface area contributed by atoms with Gasteiger partial charge in [0.25, 0.3) is 5.91 Å². The number of ether oxygens (including phenoxy) is 2. The molecular weight excluding hydrogens is 302 g/mol. The highest BCUT2D eigenvalue weighted by atomic mass is 16.5. The summed E-state index contributed by atoms with van der Waals surface area (Å²) in [7, 11) is 1.62. The van der Waals surface area contributed by atoms with Gasteiger partial charge in [0.1, 0.15) is 5.75 Å². The Morgan fingerprint density at radius 2 is 1.92 bits per heavy atom. The minimum Gasteiger partial charge on any atom is -0.496 e. The van der Waals surface area contributed by atoms with Crippen molar-refractivity contribution in [1.82, 2.24) is 0 Å². The molecule has 4 heteroatoms. The van der Waals surface area contributed by atoms with E-state index in [0.29, 0.717) is 18.8 Å². The van der Waals surface area contributed by atoms with Crippen LogP contribution in [0.5, 0.6) is 5.75 Å². The molecule has 0 heterocycles. The molecule has 24 heavy (non-hydrogen) atoms. The Morgan fingerprint density at radius 3 is 2.58 bits per heavy atom. The monoisotopic (exact) mass is 327 g/mol. The van der Waals surface area contributed by atoms with E-state index in [9.17, 15) is 4.79 Å². The van der Waals surface area contributed by atoms with Gasteiger partial charge in [-0.15, -0.1) is 0 Å². The molecule has 0 aliphatic heterocycles.